The number of rotatable bonds is 8. The van der Waals surface area contributed by atoms with Gasteiger partial charge in [0.15, 0.2) is 0 Å². The summed E-state index contributed by atoms with van der Waals surface area (Å²) in [6.45, 7) is 0.634. The Hall–Kier alpha value is -3.52. The molecule has 2 N–H and O–H groups in total. The molecular weight excluding hydrogens is 402 g/mol. The molecule has 1 heterocycles. The number of carbonyl (C=O) groups excluding carboxylic acids is 2. The summed E-state index contributed by atoms with van der Waals surface area (Å²) in [6, 6.07) is 10.3. The quantitative estimate of drug-likeness (QED) is 0.289. The molecule has 0 bridgehead atoms. The van der Waals surface area contributed by atoms with Crippen molar-refractivity contribution in [3.8, 4) is 17.2 Å². The fourth-order valence-electron chi connectivity index (χ4n) is 3.75. The Morgan fingerprint density at radius 3 is 2.26 bits per heavy atom. The van der Waals surface area contributed by atoms with Gasteiger partial charge in [0.05, 0.1) is 25.8 Å². The zero-order chi connectivity index (χ0) is 22.5. The highest BCUT2D eigenvalue weighted by molar-refractivity contribution is 6.46. The standard InChI is InChI=1S/C23H25NO7/c1-29-12-6-11-24-20(14-7-4-8-15(25)13-14)19(22(27)23(24)28)21(26)18-16(30-2)9-5-10-17(18)31-3/h4-5,7-10,13,20,25-26H,6,11-12H2,1-3H3/b21-19+. The third kappa shape index (κ3) is 4.20. The van der Waals surface area contributed by atoms with Crippen molar-refractivity contribution in [3.63, 3.8) is 0 Å². The summed E-state index contributed by atoms with van der Waals surface area (Å²) in [6.07, 6.45) is 0.497. The van der Waals surface area contributed by atoms with E-state index < -0.39 is 23.5 Å². The zero-order valence-corrected chi connectivity index (χ0v) is 17.6. The van der Waals surface area contributed by atoms with Gasteiger partial charge in [0, 0.05) is 20.3 Å². The topological polar surface area (TPSA) is 106 Å². The van der Waals surface area contributed by atoms with E-state index in [-0.39, 0.29) is 34.9 Å². The number of aromatic hydroxyl groups is 1. The van der Waals surface area contributed by atoms with E-state index in [4.69, 9.17) is 14.2 Å². The number of amides is 1. The van der Waals surface area contributed by atoms with E-state index in [1.165, 1.54) is 31.3 Å². The minimum atomic E-state index is -0.890. The van der Waals surface area contributed by atoms with Crippen LogP contribution in [0.3, 0.4) is 0 Å². The van der Waals surface area contributed by atoms with Crippen molar-refractivity contribution in [2.45, 2.75) is 12.5 Å². The molecule has 1 unspecified atom stereocenters. The minimum absolute atomic E-state index is 0.0187. The van der Waals surface area contributed by atoms with E-state index in [9.17, 15) is 19.8 Å². The molecule has 1 fully saturated rings. The van der Waals surface area contributed by atoms with Crippen LogP contribution in [0, 0.1) is 0 Å². The van der Waals surface area contributed by atoms with Gasteiger partial charge in [0.25, 0.3) is 11.7 Å². The third-order valence-electron chi connectivity index (χ3n) is 5.14. The molecule has 1 saturated heterocycles. The maximum absolute atomic E-state index is 13.0. The number of phenolic OH excluding ortho intramolecular Hbond substituents is 1. The summed E-state index contributed by atoms with van der Waals surface area (Å²) in [5.41, 5.74) is 0.565. The van der Waals surface area contributed by atoms with Gasteiger partial charge in [0.1, 0.15) is 28.6 Å². The molecule has 3 rings (SSSR count). The first-order chi connectivity index (χ1) is 14.9. The molecule has 0 aliphatic carbocycles. The van der Waals surface area contributed by atoms with Crippen LogP contribution in [-0.2, 0) is 14.3 Å². The number of aliphatic hydroxyl groups excluding tert-OH is 1. The Morgan fingerprint density at radius 1 is 1.03 bits per heavy atom. The Balaban J connectivity index is 2.23. The predicted octanol–water partition coefficient (Wildman–Crippen LogP) is 2.87. The van der Waals surface area contributed by atoms with Crippen molar-refractivity contribution < 1.29 is 34.0 Å². The molecular formula is C23H25NO7. The number of hydrogen-bond acceptors (Lipinski definition) is 7. The minimum Gasteiger partial charge on any atom is -0.508 e. The molecule has 2 aromatic carbocycles. The van der Waals surface area contributed by atoms with Crippen LogP contribution in [0.5, 0.6) is 17.2 Å². The molecule has 1 atom stereocenters. The fourth-order valence-corrected chi connectivity index (χ4v) is 3.75. The number of carbonyl (C=O) groups is 2. The van der Waals surface area contributed by atoms with Gasteiger partial charge in [-0.05, 0) is 36.2 Å². The van der Waals surface area contributed by atoms with Crippen LogP contribution in [0.2, 0.25) is 0 Å². The summed E-state index contributed by atoms with van der Waals surface area (Å²) in [7, 11) is 4.41. The first kappa shape index (κ1) is 22.2. The molecule has 1 amide bonds. The number of hydrogen-bond donors (Lipinski definition) is 2. The highest BCUT2D eigenvalue weighted by Crippen LogP contribution is 2.43. The van der Waals surface area contributed by atoms with Gasteiger partial charge < -0.3 is 29.3 Å². The van der Waals surface area contributed by atoms with Crippen LogP contribution < -0.4 is 9.47 Å². The first-order valence-electron chi connectivity index (χ1n) is 9.72. The van der Waals surface area contributed by atoms with Crippen molar-refractivity contribution in [1.29, 1.82) is 0 Å². The molecule has 1 aliphatic rings. The summed E-state index contributed by atoms with van der Waals surface area (Å²) >= 11 is 0. The van der Waals surface area contributed by atoms with Gasteiger partial charge in [-0.3, -0.25) is 9.59 Å². The highest BCUT2D eigenvalue weighted by atomic mass is 16.5. The van der Waals surface area contributed by atoms with Gasteiger partial charge >= 0.3 is 0 Å². The maximum atomic E-state index is 13.0. The van der Waals surface area contributed by atoms with Crippen LogP contribution >= 0.6 is 0 Å². The van der Waals surface area contributed by atoms with Gasteiger partial charge in [-0.25, -0.2) is 0 Å². The molecule has 0 spiro atoms. The van der Waals surface area contributed by atoms with Crippen molar-refractivity contribution in [2.75, 3.05) is 34.5 Å². The summed E-state index contributed by atoms with van der Waals surface area (Å²) in [4.78, 5) is 27.3. The second kappa shape index (κ2) is 9.53. The molecule has 1 aliphatic heterocycles. The fraction of sp³-hybridized carbons (Fsp3) is 0.304. The van der Waals surface area contributed by atoms with E-state index in [2.05, 4.69) is 0 Å². The summed E-state index contributed by atoms with van der Waals surface area (Å²) < 4.78 is 15.8. The normalized spacial score (nSPS) is 17.8. The number of nitrogens with zero attached hydrogens (tertiary/aromatic N) is 1. The Morgan fingerprint density at radius 2 is 1.68 bits per heavy atom. The first-order valence-corrected chi connectivity index (χ1v) is 9.72. The predicted molar refractivity (Wildman–Crippen MR) is 113 cm³/mol. The number of ketones is 1. The zero-order valence-electron chi connectivity index (χ0n) is 17.6. The van der Waals surface area contributed by atoms with Crippen molar-refractivity contribution in [3.05, 3.63) is 59.2 Å². The van der Waals surface area contributed by atoms with Gasteiger partial charge in [0.2, 0.25) is 0 Å². The number of aliphatic hydroxyl groups is 1. The van der Waals surface area contributed by atoms with Gasteiger partial charge in [-0.2, -0.15) is 0 Å². The molecule has 0 aromatic heterocycles. The van der Waals surface area contributed by atoms with E-state index in [1.54, 1.807) is 37.4 Å². The van der Waals surface area contributed by atoms with E-state index >= 15 is 0 Å². The maximum Gasteiger partial charge on any atom is 0.295 e. The average Bonchev–Trinajstić information content (AvgIpc) is 3.03. The van der Waals surface area contributed by atoms with E-state index in [0.29, 0.717) is 18.6 Å². The molecule has 8 nitrogen and oxygen atoms in total. The largest absolute Gasteiger partial charge is 0.508 e. The van der Waals surface area contributed by atoms with Gasteiger partial charge in [-0.1, -0.05) is 18.2 Å². The number of methoxy groups -OCH3 is 3. The second-order valence-electron chi connectivity index (χ2n) is 6.97. The molecule has 31 heavy (non-hydrogen) atoms. The molecule has 164 valence electrons. The van der Waals surface area contributed by atoms with Gasteiger partial charge in [-0.15, -0.1) is 0 Å². The number of Topliss-reactive ketones (excluding diaryl/α,β-unsaturated/α-hetero) is 1. The Bertz CT molecular complexity index is 992. The van der Waals surface area contributed by atoms with E-state index in [0.717, 1.165) is 0 Å². The van der Waals surface area contributed by atoms with Crippen LogP contribution in [0.1, 0.15) is 23.6 Å². The summed E-state index contributed by atoms with van der Waals surface area (Å²) in [5, 5.41) is 21.2. The molecule has 2 aromatic rings. The van der Waals surface area contributed by atoms with Crippen LogP contribution in [0.15, 0.2) is 48.0 Å². The van der Waals surface area contributed by atoms with Crippen molar-refractivity contribution in [2.24, 2.45) is 0 Å². The molecule has 0 radical (unpaired) electrons. The Kier molecular flexibility index (Phi) is 6.81. The second-order valence-corrected chi connectivity index (χ2v) is 6.97. The molecule has 8 heteroatoms. The average molecular weight is 427 g/mol. The van der Waals surface area contributed by atoms with Crippen LogP contribution in [-0.4, -0.2) is 61.3 Å². The lowest BCUT2D eigenvalue weighted by Crippen LogP contribution is -2.31. The Labute approximate surface area is 180 Å². The monoisotopic (exact) mass is 427 g/mol. The lowest BCUT2D eigenvalue weighted by Gasteiger charge is -2.25. The number of phenols is 1. The summed E-state index contributed by atoms with van der Waals surface area (Å²) in [5.74, 6) is -1.41. The lowest BCUT2D eigenvalue weighted by molar-refractivity contribution is -0.140. The third-order valence-corrected chi connectivity index (χ3v) is 5.14. The lowest BCUT2D eigenvalue weighted by atomic mass is 9.94. The number of likely N-dealkylation sites (tertiary alicyclic amines) is 1. The SMILES string of the molecule is COCCCN1C(=O)C(=O)/C(=C(/O)c2c(OC)cccc2OC)C1c1cccc(O)c1. The number of ether oxygens (including phenoxy) is 3. The van der Waals surface area contributed by atoms with E-state index in [1.807, 2.05) is 0 Å². The van der Waals surface area contributed by atoms with Crippen LogP contribution in [0.25, 0.3) is 5.76 Å². The smallest absolute Gasteiger partial charge is 0.295 e. The number of benzene rings is 2. The van der Waals surface area contributed by atoms with Crippen LogP contribution in [0.4, 0.5) is 0 Å². The highest BCUT2D eigenvalue weighted by Gasteiger charge is 2.46. The molecule has 0 saturated carbocycles. The van der Waals surface area contributed by atoms with Crippen molar-refractivity contribution in [1.82, 2.24) is 4.90 Å². The van der Waals surface area contributed by atoms with Crippen molar-refractivity contribution >= 4 is 17.4 Å².